The van der Waals surface area contributed by atoms with Gasteiger partial charge in [-0.1, -0.05) is 37.0 Å². The van der Waals surface area contributed by atoms with Crippen LogP contribution in [0.25, 0.3) is 6.08 Å². The van der Waals surface area contributed by atoms with Crippen LogP contribution in [0.4, 0.5) is 11.4 Å². The van der Waals surface area contributed by atoms with Gasteiger partial charge in [0.2, 0.25) is 11.8 Å². The van der Waals surface area contributed by atoms with Crippen LogP contribution in [-0.4, -0.2) is 28.1 Å². The molecule has 1 aliphatic rings. The lowest BCUT2D eigenvalue weighted by molar-refractivity contribution is -0.117. The van der Waals surface area contributed by atoms with Crippen LogP contribution >= 0.6 is 23.2 Å². The molecular weight excluding hydrogens is 411 g/mol. The third kappa shape index (κ3) is 5.00. The molecule has 1 N–H and O–H groups in total. The van der Waals surface area contributed by atoms with Crippen molar-refractivity contribution in [3.05, 3.63) is 45.7 Å². The number of halogens is 2. The number of hydrogen-bond acceptors (Lipinski definition) is 3. The second-order valence-corrected chi connectivity index (χ2v) is 8.27. The molecule has 0 spiro atoms. The van der Waals surface area contributed by atoms with E-state index in [4.69, 9.17) is 23.2 Å². The van der Waals surface area contributed by atoms with E-state index in [2.05, 4.69) is 24.3 Å². The Morgan fingerprint density at radius 2 is 2.10 bits per heavy atom. The van der Waals surface area contributed by atoms with Crippen molar-refractivity contribution in [2.75, 3.05) is 16.8 Å². The molecular formula is C21H24Cl2N4O2. The zero-order valence-corrected chi connectivity index (χ0v) is 18.2. The molecule has 0 aliphatic carbocycles. The summed E-state index contributed by atoms with van der Waals surface area (Å²) < 4.78 is 1.74. The number of anilines is 2. The minimum Gasteiger partial charge on any atom is -0.321 e. The highest BCUT2D eigenvalue weighted by molar-refractivity contribution is 6.34. The minimum absolute atomic E-state index is 0.0769. The van der Waals surface area contributed by atoms with Gasteiger partial charge >= 0.3 is 0 Å². The normalized spacial score (nSPS) is 14.4. The fraction of sp³-hybridized carbons (Fsp3) is 0.381. The van der Waals surface area contributed by atoms with Gasteiger partial charge in [0, 0.05) is 36.8 Å². The van der Waals surface area contributed by atoms with Crippen molar-refractivity contribution in [3.63, 3.8) is 0 Å². The molecule has 1 aromatic carbocycles. The lowest BCUT2D eigenvalue weighted by Gasteiger charge is -2.17. The molecule has 8 heteroatoms. The van der Waals surface area contributed by atoms with Crippen molar-refractivity contribution >= 4 is 52.5 Å². The summed E-state index contributed by atoms with van der Waals surface area (Å²) in [5.41, 5.74) is 2.65. The zero-order valence-electron chi connectivity index (χ0n) is 16.7. The van der Waals surface area contributed by atoms with Crippen molar-refractivity contribution in [1.82, 2.24) is 9.78 Å². The first-order valence-electron chi connectivity index (χ1n) is 9.58. The van der Waals surface area contributed by atoms with Crippen LogP contribution in [-0.2, 0) is 16.1 Å². The van der Waals surface area contributed by atoms with E-state index >= 15 is 0 Å². The Balaban J connectivity index is 1.74. The second-order valence-electron chi connectivity index (χ2n) is 7.50. The number of hydrogen-bond donors (Lipinski definition) is 1. The summed E-state index contributed by atoms with van der Waals surface area (Å²) in [6.45, 7) is 7.41. The summed E-state index contributed by atoms with van der Waals surface area (Å²) >= 11 is 12.6. The number of amides is 2. The van der Waals surface area contributed by atoms with Crippen LogP contribution in [0.3, 0.4) is 0 Å². The van der Waals surface area contributed by atoms with Gasteiger partial charge in [0.05, 0.1) is 16.4 Å². The Labute approximate surface area is 180 Å². The maximum atomic E-state index is 12.4. The number of rotatable bonds is 6. The van der Waals surface area contributed by atoms with E-state index < -0.39 is 0 Å². The van der Waals surface area contributed by atoms with Gasteiger partial charge in [0.15, 0.2) is 0 Å². The maximum Gasteiger partial charge on any atom is 0.248 e. The lowest BCUT2D eigenvalue weighted by atomic mass is 10.2. The molecule has 29 heavy (non-hydrogen) atoms. The van der Waals surface area contributed by atoms with Crippen molar-refractivity contribution in [3.8, 4) is 0 Å². The molecule has 1 aromatic heterocycles. The van der Waals surface area contributed by atoms with E-state index in [9.17, 15) is 9.59 Å². The molecule has 0 saturated carbocycles. The molecule has 3 rings (SSSR count). The van der Waals surface area contributed by atoms with Crippen LogP contribution in [0.2, 0.25) is 10.2 Å². The van der Waals surface area contributed by atoms with Gasteiger partial charge in [-0.25, -0.2) is 0 Å². The first-order chi connectivity index (χ1) is 13.8. The topological polar surface area (TPSA) is 67.2 Å². The number of carbonyl (C=O) groups is 2. The van der Waals surface area contributed by atoms with E-state index in [1.807, 2.05) is 6.92 Å². The molecule has 1 saturated heterocycles. The fourth-order valence-electron chi connectivity index (χ4n) is 3.25. The van der Waals surface area contributed by atoms with Gasteiger partial charge in [-0.05, 0) is 43.5 Å². The standard InChI is InChI=1S/C21H24Cl2N4O2/c1-13(2)12-27-21(23)16(14(3)25-27)7-9-19(28)24-18-11-15(6-8-17(18)22)26-10-4-5-20(26)29/h6-9,11,13H,4-5,10,12H2,1-3H3,(H,24,28)/b9-7+. The minimum atomic E-state index is -0.344. The molecule has 2 amide bonds. The summed E-state index contributed by atoms with van der Waals surface area (Å²) in [6.07, 6.45) is 4.42. The quantitative estimate of drug-likeness (QED) is 0.654. The average molecular weight is 435 g/mol. The van der Waals surface area contributed by atoms with E-state index in [-0.39, 0.29) is 11.8 Å². The first-order valence-corrected chi connectivity index (χ1v) is 10.3. The van der Waals surface area contributed by atoms with E-state index in [0.717, 1.165) is 17.8 Å². The van der Waals surface area contributed by atoms with Crippen LogP contribution in [0.15, 0.2) is 24.3 Å². The van der Waals surface area contributed by atoms with E-state index in [1.165, 1.54) is 6.08 Å². The molecule has 1 aliphatic heterocycles. The highest BCUT2D eigenvalue weighted by Gasteiger charge is 2.22. The number of nitrogens with zero attached hydrogens (tertiary/aromatic N) is 3. The number of carbonyl (C=O) groups excluding carboxylic acids is 2. The predicted octanol–water partition coefficient (Wildman–Crippen LogP) is 4.93. The Morgan fingerprint density at radius 1 is 1.34 bits per heavy atom. The third-order valence-electron chi connectivity index (χ3n) is 4.64. The Morgan fingerprint density at radius 3 is 2.76 bits per heavy atom. The van der Waals surface area contributed by atoms with Gasteiger partial charge < -0.3 is 10.2 Å². The van der Waals surface area contributed by atoms with Crippen LogP contribution in [0, 0.1) is 12.8 Å². The molecule has 0 unspecified atom stereocenters. The number of nitrogens with one attached hydrogen (secondary N) is 1. The van der Waals surface area contributed by atoms with Gasteiger partial charge in [-0.3, -0.25) is 14.3 Å². The van der Waals surface area contributed by atoms with Crippen LogP contribution in [0.5, 0.6) is 0 Å². The largest absolute Gasteiger partial charge is 0.321 e. The van der Waals surface area contributed by atoms with Gasteiger partial charge in [0.25, 0.3) is 0 Å². The molecule has 0 radical (unpaired) electrons. The third-order valence-corrected chi connectivity index (χ3v) is 5.37. The van der Waals surface area contributed by atoms with E-state index in [1.54, 1.807) is 33.9 Å². The Kier molecular flexibility index (Phi) is 6.65. The summed E-state index contributed by atoms with van der Waals surface area (Å²) in [5.74, 6) is 0.140. The second kappa shape index (κ2) is 9.01. The molecule has 2 aromatic rings. The van der Waals surface area contributed by atoms with Gasteiger partial charge in [-0.15, -0.1) is 0 Å². The summed E-state index contributed by atoms with van der Waals surface area (Å²) in [4.78, 5) is 26.1. The number of aromatic nitrogens is 2. The van der Waals surface area contributed by atoms with Crippen molar-refractivity contribution in [2.45, 2.75) is 40.2 Å². The zero-order chi connectivity index (χ0) is 21.1. The Bertz CT molecular complexity index is 966. The highest BCUT2D eigenvalue weighted by Crippen LogP contribution is 2.30. The van der Waals surface area contributed by atoms with Gasteiger partial charge in [-0.2, -0.15) is 5.10 Å². The van der Waals surface area contributed by atoms with Crippen molar-refractivity contribution in [1.29, 1.82) is 0 Å². The molecule has 0 bridgehead atoms. The lowest BCUT2D eigenvalue weighted by Crippen LogP contribution is -2.23. The van der Waals surface area contributed by atoms with Crippen molar-refractivity contribution < 1.29 is 9.59 Å². The summed E-state index contributed by atoms with van der Waals surface area (Å²) in [5, 5.41) is 8.11. The summed E-state index contributed by atoms with van der Waals surface area (Å²) in [6, 6.07) is 5.18. The number of aryl methyl sites for hydroxylation is 1. The number of benzene rings is 1. The van der Waals surface area contributed by atoms with Crippen molar-refractivity contribution in [2.24, 2.45) is 5.92 Å². The van der Waals surface area contributed by atoms with Crippen LogP contribution < -0.4 is 10.2 Å². The predicted molar refractivity (Wildman–Crippen MR) is 118 cm³/mol. The summed E-state index contributed by atoms with van der Waals surface area (Å²) in [7, 11) is 0. The van der Waals surface area contributed by atoms with E-state index in [0.29, 0.717) is 46.9 Å². The van der Waals surface area contributed by atoms with Gasteiger partial charge in [0.1, 0.15) is 5.15 Å². The van der Waals surface area contributed by atoms with Crippen LogP contribution in [0.1, 0.15) is 37.9 Å². The molecule has 2 heterocycles. The Hall–Kier alpha value is -2.31. The SMILES string of the molecule is Cc1nn(CC(C)C)c(Cl)c1/C=C/C(=O)Nc1cc(N2CCCC2=O)ccc1Cl. The fourth-order valence-corrected chi connectivity index (χ4v) is 3.73. The smallest absolute Gasteiger partial charge is 0.248 e. The molecule has 1 fully saturated rings. The maximum absolute atomic E-state index is 12.4. The highest BCUT2D eigenvalue weighted by atomic mass is 35.5. The molecule has 154 valence electrons. The average Bonchev–Trinajstić information content (AvgIpc) is 3.18. The molecule has 0 atom stereocenters. The monoisotopic (exact) mass is 434 g/mol. The molecule has 6 nitrogen and oxygen atoms in total. The first kappa shape index (κ1) is 21.4.